The van der Waals surface area contributed by atoms with Gasteiger partial charge >= 0.3 is 0 Å². The van der Waals surface area contributed by atoms with Crippen LogP contribution in [0, 0.1) is 17.8 Å². The van der Waals surface area contributed by atoms with E-state index in [0.717, 1.165) is 0 Å². The topological polar surface area (TPSA) is 0 Å². The van der Waals surface area contributed by atoms with E-state index in [0.29, 0.717) is 10.8 Å². The lowest BCUT2D eigenvalue weighted by Crippen LogP contribution is -2.32. The van der Waals surface area contributed by atoms with Crippen molar-refractivity contribution in [2.24, 2.45) is 10.8 Å². The Kier molecular flexibility index (Phi) is 4.06. The first-order chi connectivity index (χ1) is 9.18. The first-order valence-electron chi connectivity index (χ1n) is 8.24. The number of benzene rings is 1. The summed E-state index contributed by atoms with van der Waals surface area (Å²) in [7, 11) is 0. The van der Waals surface area contributed by atoms with E-state index in [4.69, 9.17) is 0 Å². The quantitative estimate of drug-likeness (QED) is 0.606. The minimum Gasteiger partial charge on any atom is -0.0620 e. The van der Waals surface area contributed by atoms with Crippen LogP contribution in [0.15, 0.2) is 24.3 Å². The standard InChI is InChI=1S/C20H32/c1-16-10-7-8-11-17(16)18(2,3)14-15-20(6)13-9-12-19(20,4)5/h7-8,10-11H,9,12-15H2,1-6H3/t20-/m0/s1. The molecule has 0 amide bonds. The first kappa shape index (κ1) is 15.6. The Balaban J connectivity index is 2.12. The van der Waals surface area contributed by atoms with Crippen molar-refractivity contribution in [3.8, 4) is 0 Å². The van der Waals surface area contributed by atoms with E-state index in [1.165, 1.54) is 43.2 Å². The molecule has 0 spiro atoms. The molecule has 0 bridgehead atoms. The van der Waals surface area contributed by atoms with E-state index >= 15 is 0 Å². The predicted molar refractivity (Wildman–Crippen MR) is 89.2 cm³/mol. The Morgan fingerprint density at radius 2 is 1.70 bits per heavy atom. The molecular weight excluding hydrogens is 240 g/mol. The van der Waals surface area contributed by atoms with Gasteiger partial charge in [-0.2, -0.15) is 0 Å². The Morgan fingerprint density at radius 1 is 1.05 bits per heavy atom. The van der Waals surface area contributed by atoms with Gasteiger partial charge in [0.2, 0.25) is 0 Å². The molecule has 0 N–H and O–H groups in total. The molecule has 0 heteroatoms. The number of hydrogen-bond donors (Lipinski definition) is 0. The lowest BCUT2D eigenvalue weighted by atomic mass is 9.64. The fraction of sp³-hybridized carbons (Fsp3) is 0.700. The summed E-state index contributed by atoms with van der Waals surface area (Å²) in [5.41, 5.74) is 4.28. The number of hydrogen-bond acceptors (Lipinski definition) is 0. The summed E-state index contributed by atoms with van der Waals surface area (Å²) in [6, 6.07) is 8.90. The van der Waals surface area contributed by atoms with Gasteiger partial charge in [0.05, 0.1) is 0 Å². The zero-order chi connectivity index (χ0) is 15.0. The van der Waals surface area contributed by atoms with Crippen molar-refractivity contribution >= 4 is 0 Å². The van der Waals surface area contributed by atoms with Gasteiger partial charge in [0, 0.05) is 0 Å². The molecule has 0 nitrogen and oxygen atoms in total. The van der Waals surface area contributed by atoms with Crippen LogP contribution in [0.1, 0.15) is 77.8 Å². The maximum atomic E-state index is 2.52. The molecule has 1 atom stereocenters. The SMILES string of the molecule is Cc1ccccc1C(C)(C)CC[C@]1(C)CCCC1(C)C. The highest BCUT2D eigenvalue weighted by atomic mass is 14.5. The molecule has 0 saturated heterocycles. The van der Waals surface area contributed by atoms with Gasteiger partial charge in [-0.3, -0.25) is 0 Å². The number of rotatable bonds is 4. The van der Waals surface area contributed by atoms with E-state index < -0.39 is 0 Å². The lowest BCUT2D eigenvalue weighted by Gasteiger charge is -2.41. The van der Waals surface area contributed by atoms with Crippen LogP contribution in [0.4, 0.5) is 0 Å². The van der Waals surface area contributed by atoms with Gasteiger partial charge in [-0.15, -0.1) is 0 Å². The van der Waals surface area contributed by atoms with Crippen LogP contribution in [0.2, 0.25) is 0 Å². The van der Waals surface area contributed by atoms with Gasteiger partial charge in [0.25, 0.3) is 0 Å². The second-order valence-electron chi connectivity index (χ2n) is 8.50. The van der Waals surface area contributed by atoms with Crippen molar-refractivity contribution in [3.05, 3.63) is 35.4 Å². The van der Waals surface area contributed by atoms with Crippen LogP contribution >= 0.6 is 0 Å². The minimum absolute atomic E-state index is 0.285. The van der Waals surface area contributed by atoms with Gasteiger partial charge < -0.3 is 0 Å². The second kappa shape index (κ2) is 5.20. The fourth-order valence-corrected chi connectivity index (χ4v) is 4.08. The largest absolute Gasteiger partial charge is 0.0620 e. The highest BCUT2D eigenvalue weighted by molar-refractivity contribution is 5.32. The third kappa shape index (κ3) is 2.80. The smallest absolute Gasteiger partial charge is 0.0101 e. The normalized spacial score (nSPS) is 25.9. The van der Waals surface area contributed by atoms with Crippen molar-refractivity contribution in [2.45, 2.75) is 79.1 Å². The Morgan fingerprint density at radius 3 is 2.25 bits per heavy atom. The van der Waals surface area contributed by atoms with Crippen molar-refractivity contribution in [2.75, 3.05) is 0 Å². The highest BCUT2D eigenvalue weighted by Gasteiger charge is 2.45. The Bertz CT molecular complexity index is 467. The van der Waals surface area contributed by atoms with E-state index in [9.17, 15) is 0 Å². The summed E-state index contributed by atoms with van der Waals surface area (Å²) in [6.07, 6.45) is 6.85. The van der Waals surface area contributed by atoms with Crippen LogP contribution < -0.4 is 0 Å². The molecule has 0 unspecified atom stereocenters. The summed E-state index contributed by atoms with van der Waals surface area (Å²) < 4.78 is 0. The van der Waals surface area contributed by atoms with Crippen LogP contribution in [0.3, 0.4) is 0 Å². The van der Waals surface area contributed by atoms with Gasteiger partial charge in [-0.25, -0.2) is 0 Å². The average molecular weight is 272 g/mol. The molecule has 1 aromatic rings. The van der Waals surface area contributed by atoms with Crippen molar-refractivity contribution in [3.63, 3.8) is 0 Å². The zero-order valence-electron chi connectivity index (χ0n) is 14.3. The summed E-state index contributed by atoms with van der Waals surface area (Å²) in [5.74, 6) is 0. The number of aryl methyl sites for hydroxylation is 1. The third-order valence-electron chi connectivity index (χ3n) is 6.34. The maximum Gasteiger partial charge on any atom is -0.0101 e. The molecule has 112 valence electrons. The molecule has 0 heterocycles. The van der Waals surface area contributed by atoms with E-state index in [1.54, 1.807) is 0 Å². The first-order valence-corrected chi connectivity index (χ1v) is 8.24. The van der Waals surface area contributed by atoms with Crippen molar-refractivity contribution < 1.29 is 0 Å². The van der Waals surface area contributed by atoms with Crippen molar-refractivity contribution in [1.82, 2.24) is 0 Å². The van der Waals surface area contributed by atoms with Gasteiger partial charge in [-0.1, -0.05) is 65.3 Å². The predicted octanol–water partition coefficient (Wildman–Crippen LogP) is 6.27. The zero-order valence-corrected chi connectivity index (χ0v) is 14.3. The molecule has 0 aliphatic heterocycles. The minimum atomic E-state index is 0.285. The van der Waals surface area contributed by atoms with Crippen LogP contribution in [-0.4, -0.2) is 0 Å². The summed E-state index contributed by atoms with van der Waals surface area (Å²) in [6.45, 7) is 14.6. The molecule has 1 aromatic carbocycles. The molecule has 0 radical (unpaired) electrons. The lowest BCUT2D eigenvalue weighted by molar-refractivity contribution is 0.108. The molecule has 1 saturated carbocycles. The fourth-order valence-electron chi connectivity index (χ4n) is 4.08. The second-order valence-corrected chi connectivity index (χ2v) is 8.50. The van der Waals surface area contributed by atoms with Crippen LogP contribution in [0.25, 0.3) is 0 Å². The maximum absolute atomic E-state index is 2.52. The Hall–Kier alpha value is -0.780. The van der Waals surface area contributed by atoms with E-state index in [1.807, 2.05) is 0 Å². The van der Waals surface area contributed by atoms with Gasteiger partial charge in [0.1, 0.15) is 0 Å². The Labute approximate surface area is 126 Å². The summed E-state index contributed by atoms with van der Waals surface area (Å²) in [4.78, 5) is 0. The molecule has 1 aliphatic carbocycles. The molecule has 1 aliphatic rings. The molecular formula is C20H32. The monoisotopic (exact) mass is 272 g/mol. The average Bonchev–Trinajstić information content (AvgIpc) is 2.62. The van der Waals surface area contributed by atoms with E-state index in [2.05, 4.69) is 65.8 Å². The van der Waals surface area contributed by atoms with Crippen LogP contribution in [0.5, 0.6) is 0 Å². The molecule has 2 rings (SSSR count). The van der Waals surface area contributed by atoms with E-state index in [-0.39, 0.29) is 5.41 Å². The third-order valence-corrected chi connectivity index (χ3v) is 6.34. The molecule has 1 fully saturated rings. The van der Waals surface area contributed by atoms with Crippen LogP contribution in [-0.2, 0) is 5.41 Å². The van der Waals surface area contributed by atoms with Gasteiger partial charge in [-0.05, 0) is 60.0 Å². The summed E-state index contributed by atoms with van der Waals surface area (Å²) in [5, 5.41) is 0. The van der Waals surface area contributed by atoms with Crippen molar-refractivity contribution in [1.29, 1.82) is 0 Å². The van der Waals surface area contributed by atoms with Gasteiger partial charge in [0.15, 0.2) is 0 Å². The highest BCUT2D eigenvalue weighted by Crippen LogP contribution is 2.55. The molecule has 0 aromatic heterocycles. The summed E-state index contributed by atoms with van der Waals surface area (Å²) >= 11 is 0. The molecule has 20 heavy (non-hydrogen) atoms.